The summed E-state index contributed by atoms with van der Waals surface area (Å²) in [6, 6.07) is 0. The molecule has 2 N–H and O–H groups in total. The minimum atomic E-state index is -4.67. The zero-order chi connectivity index (χ0) is 11.2. The summed E-state index contributed by atoms with van der Waals surface area (Å²) in [5.74, 6) is -1.33. The lowest BCUT2D eigenvalue weighted by Crippen LogP contribution is -2.12. The minimum absolute atomic E-state index is 0.114. The lowest BCUT2D eigenvalue weighted by molar-refractivity contribution is -0.0912. The molecule has 0 rings (SSSR count). The fraction of sp³-hybridized carbons (Fsp3) is 0.333. The van der Waals surface area contributed by atoms with Crippen molar-refractivity contribution in [2.45, 2.75) is 19.5 Å². The number of rotatable bonds is 3. The van der Waals surface area contributed by atoms with Gasteiger partial charge in [-0.05, 0) is 24.8 Å². The van der Waals surface area contributed by atoms with Gasteiger partial charge >= 0.3 is 6.18 Å². The van der Waals surface area contributed by atoms with E-state index >= 15 is 0 Å². The minimum Gasteiger partial charge on any atom is -0.405 e. The molecule has 80 valence electrons. The van der Waals surface area contributed by atoms with Crippen molar-refractivity contribution in [3.63, 3.8) is 0 Å². The van der Waals surface area contributed by atoms with Crippen molar-refractivity contribution in [3.05, 3.63) is 35.8 Å². The average Bonchev–Trinajstić information content (AvgIpc) is 2.08. The first kappa shape index (κ1) is 12.7. The quantitative estimate of drug-likeness (QED) is 0.560. The summed E-state index contributed by atoms with van der Waals surface area (Å²) in [5.41, 5.74) is 3.60. The van der Waals surface area contributed by atoms with Gasteiger partial charge in [-0.2, -0.15) is 13.2 Å². The van der Waals surface area contributed by atoms with Crippen LogP contribution in [0, 0.1) is 0 Å². The van der Waals surface area contributed by atoms with Crippen LogP contribution in [0.15, 0.2) is 35.8 Å². The van der Waals surface area contributed by atoms with E-state index in [9.17, 15) is 17.6 Å². The topological polar surface area (TPSA) is 26.0 Å². The second-order valence-electron chi connectivity index (χ2n) is 2.42. The van der Waals surface area contributed by atoms with Gasteiger partial charge in [0.2, 0.25) is 0 Å². The number of halogens is 4. The Kier molecular flexibility index (Phi) is 4.97. The van der Waals surface area contributed by atoms with E-state index in [0.717, 1.165) is 18.4 Å². The van der Waals surface area contributed by atoms with Gasteiger partial charge in [0.15, 0.2) is 0 Å². The molecule has 14 heavy (non-hydrogen) atoms. The molecule has 0 atom stereocenters. The second-order valence-corrected chi connectivity index (χ2v) is 2.42. The number of hydrogen-bond acceptors (Lipinski definition) is 1. The van der Waals surface area contributed by atoms with Crippen molar-refractivity contribution >= 4 is 0 Å². The molecule has 0 fully saturated rings. The molecule has 0 amide bonds. The number of alkyl halides is 3. The second kappa shape index (κ2) is 5.47. The number of hydrogen-bond donors (Lipinski definition) is 1. The zero-order valence-electron chi connectivity index (χ0n) is 7.61. The molecular formula is C9H11F4N. The van der Waals surface area contributed by atoms with Crippen LogP contribution < -0.4 is 5.73 Å². The maximum atomic E-state index is 12.9. The number of nitrogens with two attached hydrogens (primary N) is 1. The highest BCUT2D eigenvalue weighted by Crippen LogP contribution is 2.32. The SMILES string of the molecule is CC\C=C(/C(F)=C\C=C\N)C(F)(F)F. The Labute approximate surface area is 79.6 Å². The first-order valence-corrected chi connectivity index (χ1v) is 3.95. The van der Waals surface area contributed by atoms with Crippen LogP contribution in [0.1, 0.15) is 13.3 Å². The highest BCUT2D eigenvalue weighted by Gasteiger charge is 2.35. The summed E-state index contributed by atoms with van der Waals surface area (Å²) in [4.78, 5) is 0. The standard InChI is InChI=1S/C9H11F4N/c1-2-4-7(9(11,12)13)8(10)5-3-6-14/h3-6H,2,14H2,1H3/b6-3+,7-4+,8-5+. The maximum Gasteiger partial charge on any atom is 0.418 e. The van der Waals surface area contributed by atoms with Gasteiger partial charge in [0, 0.05) is 0 Å². The summed E-state index contributed by atoms with van der Waals surface area (Å²) >= 11 is 0. The molecular weight excluding hydrogens is 198 g/mol. The first-order valence-electron chi connectivity index (χ1n) is 3.95. The van der Waals surface area contributed by atoms with Crippen LogP contribution in [0.5, 0.6) is 0 Å². The molecule has 0 aromatic rings. The maximum absolute atomic E-state index is 12.9. The van der Waals surface area contributed by atoms with E-state index in [4.69, 9.17) is 5.73 Å². The van der Waals surface area contributed by atoms with Crippen LogP contribution in [0.4, 0.5) is 17.6 Å². The van der Waals surface area contributed by atoms with E-state index in [1.54, 1.807) is 0 Å². The molecule has 5 heteroatoms. The Hall–Kier alpha value is -1.26. The van der Waals surface area contributed by atoms with Crippen LogP contribution in [0.3, 0.4) is 0 Å². The molecule has 0 aliphatic rings. The van der Waals surface area contributed by atoms with E-state index < -0.39 is 17.6 Å². The highest BCUT2D eigenvalue weighted by atomic mass is 19.4. The Balaban J connectivity index is 4.95. The monoisotopic (exact) mass is 209 g/mol. The summed E-state index contributed by atoms with van der Waals surface area (Å²) in [7, 11) is 0. The third kappa shape index (κ3) is 4.11. The fourth-order valence-electron chi connectivity index (χ4n) is 0.783. The molecule has 0 aliphatic heterocycles. The van der Waals surface area contributed by atoms with E-state index in [1.807, 2.05) is 0 Å². The van der Waals surface area contributed by atoms with Crippen molar-refractivity contribution in [2.24, 2.45) is 5.73 Å². The van der Waals surface area contributed by atoms with Crippen LogP contribution >= 0.6 is 0 Å². The van der Waals surface area contributed by atoms with E-state index in [-0.39, 0.29) is 6.42 Å². The van der Waals surface area contributed by atoms with Crippen LogP contribution in [0.2, 0.25) is 0 Å². The van der Waals surface area contributed by atoms with Gasteiger partial charge in [0.05, 0.1) is 5.57 Å². The van der Waals surface area contributed by atoms with Gasteiger partial charge in [-0.15, -0.1) is 0 Å². The predicted octanol–water partition coefficient (Wildman–Crippen LogP) is 3.21. The largest absolute Gasteiger partial charge is 0.418 e. The molecule has 0 aromatic carbocycles. The lowest BCUT2D eigenvalue weighted by atomic mass is 10.2. The Morgan fingerprint density at radius 3 is 2.29 bits per heavy atom. The summed E-state index contributed by atoms with van der Waals surface area (Å²) in [6.07, 6.45) is -1.13. The van der Waals surface area contributed by atoms with Crippen LogP contribution in [-0.4, -0.2) is 6.18 Å². The molecule has 1 nitrogen and oxygen atoms in total. The summed E-state index contributed by atoms with van der Waals surface area (Å²) < 4.78 is 49.4. The van der Waals surface area contributed by atoms with Crippen LogP contribution in [0.25, 0.3) is 0 Å². The molecule has 0 aliphatic carbocycles. The molecule has 0 heterocycles. The van der Waals surface area contributed by atoms with Gasteiger partial charge in [0.1, 0.15) is 5.83 Å². The molecule has 0 aromatic heterocycles. The van der Waals surface area contributed by atoms with Gasteiger partial charge in [-0.1, -0.05) is 13.0 Å². The van der Waals surface area contributed by atoms with Crippen molar-refractivity contribution in [2.75, 3.05) is 0 Å². The first-order chi connectivity index (χ1) is 6.43. The molecule has 0 unspecified atom stereocenters. The summed E-state index contributed by atoms with van der Waals surface area (Å²) in [6.45, 7) is 1.50. The summed E-state index contributed by atoms with van der Waals surface area (Å²) in [5, 5.41) is 0. The molecule has 0 saturated carbocycles. The number of allylic oxidation sites excluding steroid dienone is 5. The Morgan fingerprint density at radius 2 is 1.93 bits per heavy atom. The van der Waals surface area contributed by atoms with Crippen LogP contribution in [-0.2, 0) is 0 Å². The average molecular weight is 209 g/mol. The molecule has 0 saturated heterocycles. The molecule has 0 radical (unpaired) electrons. The molecule has 0 spiro atoms. The molecule has 0 bridgehead atoms. The van der Waals surface area contributed by atoms with Gasteiger partial charge in [-0.3, -0.25) is 0 Å². The van der Waals surface area contributed by atoms with E-state index in [0.29, 0.717) is 6.08 Å². The Bertz CT molecular complexity index is 260. The predicted molar refractivity (Wildman–Crippen MR) is 46.9 cm³/mol. The van der Waals surface area contributed by atoms with E-state index in [1.165, 1.54) is 6.92 Å². The van der Waals surface area contributed by atoms with Crippen molar-refractivity contribution in [3.8, 4) is 0 Å². The zero-order valence-corrected chi connectivity index (χ0v) is 7.61. The Morgan fingerprint density at radius 1 is 1.36 bits per heavy atom. The normalized spacial score (nSPS) is 15.2. The van der Waals surface area contributed by atoms with Crippen molar-refractivity contribution in [1.29, 1.82) is 0 Å². The van der Waals surface area contributed by atoms with Gasteiger partial charge in [-0.25, -0.2) is 4.39 Å². The van der Waals surface area contributed by atoms with E-state index in [2.05, 4.69) is 0 Å². The third-order valence-corrected chi connectivity index (χ3v) is 1.32. The highest BCUT2D eigenvalue weighted by molar-refractivity contribution is 5.32. The smallest absolute Gasteiger partial charge is 0.405 e. The van der Waals surface area contributed by atoms with Gasteiger partial charge < -0.3 is 5.73 Å². The van der Waals surface area contributed by atoms with Gasteiger partial charge in [0.25, 0.3) is 0 Å². The van der Waals surface area contributed by atoms with Crippen molar-refractivity contribution in [1.82, 2.24) is 0 Å². The third-order valence-electron chi connectivity index (χ3n) is 1.32. The van der Waals surface area contributed by atoms with Crippen molar-refractivity contribution < 1.29 is 17.6 Å². The lowest BCUT2D eigenvalue weighted by Gasteiger charge is -2.08. The fourth-order valence-corrected chi connectivity index (χ4v) is 0.783.